The number of hydrogen-bond acceptors (Lipinski definition) is 3. The average molecular weight is 243 g/mol. The maximum absolute atomic E-state index is 11.9. The lowest BCUT2D eigenvalue weighted by Crippen LogP contribution is -2.03. The van der Waals surface area contributed by atoms with Crippen LogP contribution in [-0.2, 0) is 11.8 Å². The summed E-state index contributed by atoms with van der Waals surface area (Å²) in [6.45, 7) is 2.18. The number of fused-ring (bicyclic) bond motifs is 3. The Morgan fingerprint density at radius 1 is 1.44 bits per heavy atom. The van der Waals surface area contributed by atoms with E-state index in [0.717, 1.165) is 21.8 Å². The monoisotopic (exact) mass is 243 g/mol. The number of carbonyl (C=O) groups is 1. The Labute approximate surface area is 103 Å². The first-order chi connectivity index (χ1) is 8.72. The van der Waals surface area contributed by atoms with Gasteiger partial charge in [0.05, 0.1) is 29.4 Å². The quantitative estimate of drug-likeness (QED) is 0.702. The van der Waals surface area contributed by atoms with Crippen LogP contribution in [-0.4, -0.2) is 27.3 Å². The number of rotatable bonds is 2. The van der Waals surface area contributed by atoms with Gasteiger partial charge in [-0.25, -0.2) is 4.79 Å². The van der Waals surface area contributed by atoms with Crippen molar-refractivity contribution in [3.63, 3.8) is 0 Å². The molecule has 0 bridgehead atoms. The molecular formula is C13H13N3O2. The average Bonchev–Trinajstić information content (AvgIpc) is 2.93. The molecule has 0 unspecified atom stereocenters. The summed E-state index contributed by atoms with van der Waals surface area (Å²) < 4.78 is 7.00. The van der Waals surface area contributed by atoms with E-state index in [1.54, 1.807) is 19.3 Å². The molecule has 0 spiro atoms. The zero-order valence-electron chi connectivity index (χ0n) is 10.2. The topological polar surface area (TPSA) is 59.9 Å². The number of nitrogens with one attached hydrogen (secondary N) is 1. The molecule has 2 heterocycles. The second kappa shape index (κ2) is 3.87. The number of carbonyl (C=O) groups excluding carboxylic acids is 1. The SMILES string of the molecule is CCOC(=O)c1cn(C)c2c1ccc1[nH]ncc12. The van der Waals surface area contributed by atoms with Crippen LogP contribution in [0, 0.1) is 0 Å². The third-order valence-electron chi connectivity index (χ3n) is 3.06. The van der Waals surface area contributed by atoms with Crippen LogP contribution in [0.15, 0.2) is 24.5 Å². The van der Waals surface area contributed by atoms with Crippen LogP contribution in [0.1, 0.15) is 17.3 Å². The maximum atomic E-state index is 11.9. The first-order valence-corrected chi connectivity index (χ1v) is 5.80. The van der Waals surface area contributed by atoms with Gasteiger partial charge in [0.2, 0.25) is 0 Å². The first kappa shape index (κ1) is 10.8. The lowest BCUT2D eigenvalue weighted by atomic mass is 10.1. The molecule has 0 saturated heterocycles. The van der Waals surface area contributed by atoms with E-state index in [4.69, 9.17) is 4.74 Å². The van der Waals surface area contributed by atoms with Crippen LogP contribution in [0.3, 0.4) is 0 Å². The van der Waals surface area contributed by atoms with Gasteiger partial charge >= 0.3 is 5.97 Å². The molecule has 1 aromatic carbocycles. The number of H-pyrrole nitrogens is 1. The van der Waals surface area contributed by atoms with E-state index in [9.17, 15) is 4.79 Å². The van der Waals surface area contributed by atoms with Gasteiger partial charge in [0.15, 0.2) is 0 Å². The minimum atomic E-state index is -0.286. The number of benzene rings is 1. The second-order valence-electron chi connectivity index (χ2n) is 4.17. The summed E-state index contributed by atoms with van der Waals surface area (Å²) in [7, 11) is 1.91. The summed E-state index contributed by atoms with van der Waals surface area (Å²) in [6.07, 6.45) is 3.57. The van der Waals surface area contributed by atoms with E-state index in [1.807, 2.05) is 23.7 Å². The van der Waals surface area contributed by atoms with E-state index in [1.165, 1.54) is 0 Å². The maximum Gasteiger partial charge on any atom is 0.340 e. The summed E-state index contributed by atoms with van der Waals surface area (Å²) in [6, 6.07) is 3.84. The Morgan fingerprint density at radius 3 is 3.06 bits per heavy atom. The third kappa shape index (κ3) is 1.40. The first-order valence-electron chi connectivity index (χ1n) is 5.80. The molecule has 92 valence electrons. The number of nitrogens with zero attached hydrogens (tertiary/aromatic N) is 2. The van der Waals surface area contributed by atoms with Gasteiger partial charge in [-0.15, -0.1) is 0 Å². The van der Waals surface area contributed by atoms with Crippen molar-refractivity contribution in [1.29, 1.82) is 0 Å². The summed E-state index contributed by atoms with van der Waals surface area (Å²) in [5.74, 6) is -0.286. The van der Waals surface area contributed by atoms with Gasteiger partial charge in [-0.2, -0.15) is 5.10 Å². The number of aromatic nitrogens is 3. The van der Waals surface area contributed by atoms with Gasteiger partial charge in [-0.3, -0.25) is 5.10 Å². The summed E-state index contributed by atoms with van der Waals surface area (Å²) in [4.78, 5) is 11.9. The predicted octanol–water partition coefficient (Wildman–Crippen LogP) is 2.23. The molecule has 0 aliphatic carbocycles. The van der Waals surface area contributed by atoms with E-state index in [0.29, 0.717) is 12.2 Å². The normalized spacial score (nSPS) is 11.2. The van der Waals surface area contributed by atoms with Crippen LogP contribution in [0.5, 0.6) is 0 Å². The van der Waals surface area contributed by atoms with Gasteiger partial charge in [-0.05, 0) is 19.1 Å². The van der Waals surface area contributed by atoms with Crippen molar-refractivity contribution in [3.8, 4) is 0 Å². The van der Waals surface area contributed by atoms with E-state index in [2.05, 4.69) is 10.2 Å². The molecule has 0 fully saturated rings. The molecule has 0 saturated carbocycles. The van der Waals surface area contributed by atoms with E-state index in [-0.39, 0.29) is 5.97 Å². The van der Waals surface area contributed by atoms with Crippen molar-refractivity contribution in [2.45, 2.75) is 6.92 Å². The number of aryl methyl sites for hydroxylation is 1. The minimum absolute atomic E-state index is 0.286. The Morgan fingerprint density at radius 2 is 2.28 bits per heavy atom. The van der Waals surface area contributed by atoms with Gasteiger partial charge in [0.25, 0.3) is 0 Å². The summed E-state index contributed by atoms with van der Waals surface area (Å²) in [5, 5.41) is 8.85. The molecule has 3 rings (SSSR count). The second-order valence-corrected chi connectivity index (χ2v) is 4.17. The molecule has 5 nitrogen and oxygen atoms in total. The third-order valence-corrected chi connectivity index (χ3v) is 3.06. The van der Waals surface area contributed by atoms with Crippen LogP contribution in [0.2, 0.25) is 0 Å². The highest BCUT2D eigenvalue weighted by Gasteiger charge is 2.16. The molecular weight excluding hydrogens is 230 g/mol. The zero-order chi connectivity index (χ0) is 12.7. The van der Waals surface area contributed by atoms with Gasteiger partial charge in [0.1, 0.15) is 0 Å². The Bertz CT molecular complexity index is 739. The fourth-order valence-electron chi connectivity index (χ4n) is 2.30. The number of aromatic amines is 1. The highest BCUT2D eigenvalue weighted by molar-refractivity contribution is 6.12. The molecule has 2 aromatic heterocycles. The van der Waals surface area contributed by atoms with Crippen molar-refractivity contribution in [3.05, 3.63) is 30.1 Å². The minimum Gasteiger partial charge on any atom is -0.462 e. The highest BCUT2D eigenvalue weighted by Crippen LogP contribution is 2.28. The van der Waals surface area contributed by atoms with Crippen molar-refractivity contribution in [2.75, 3.05) is 6.61 Å². The highest BCUT2D eigenvalue weighted by atomic mass is 16.5. The Balaban J connectivity index is 2.32. The van der Waals surface area contributed by atoms with Crippen LogP contribution in [0.4, 0.5) is 0 Å². The molecule has 5 heteroatoms. The van der Waals surface area contributed by atoms with Gasteiger partial charge in [0, 0.05) is 24.0 Å². The van der Waals surface area contributed by atoms with Gasteiger partial charge < -0.3 is 9.30 Å². The zero-order valence-corrected chi connectivity index (χ0v) is 10.2. The lowest BCUT2D eigenvalue weighted by Gasteiger charge is -1.99. The standard InChI is InChI=1S/C13H13N3O2/c1-3-18-13(17)10-7-16(2)12-8(10)4-5-11-9(12)6-14-15-11/h4-7H,3H2,1-2H3,(H,14,15). The molecule has 0 radical (unpaired) electrons. The molecule has 0 atom stereocenters. The lowest BCUT2D eigenvalue weighted by molar-refractivity contribution is 0.0528. The fraction of sp³-hybridized carbons (Fsp3) is 0.231. The molecule has 0 amide bonds. The largest absolute Gasteiger partial charge is 0.462 e. The molecule has 1 N–H and O–H groups in total. The summed E-state index contributed by atoms with van der Waals surface area (Å²) in [5.41, 5.74) is 2.54. The van der Waals surface area contributed by atoms with E-state index >= 15 is 0 Å². The Kier molecular flexibility index (Phi) is 2.33. The number of esters is 1. The van der Waals surface area contributed by atoms with Crippen LogP contribution in [0.25, 0.3) is 21.8 Å². The molecule has 0 aliphatic rings. The predicted molar refractivity (Wildman–Crippen MR) is 68.5 cm³/mol. The molecule has 3 aromatic rings. The van der Waals surface area contributed by atoms with Crippen LogP contribution >= 0.6 is 0 Å². The fourth-order valence-corrected chi connectivity index (χ4v) is 2.30. The molecule has 0 aliphatic heterocycles. The molecule has 18 heavy (non-hydrogen) atoms. The van der Waals surface area contributed by atoms with Crippen molar-refractivity contribution in [2.24, 2.45) is 7.05 Å². The summed E-state index contributed by atoms with van der Waals surface area (Å²) >= 11 is 0. The van der Waals surface area contributed by atoms with Crippen molar-refractivity contribution >= 4 is 27.8 Å². The van der Waals surface area contributed by atoms with Crippen molar-refractivity contribution < 1.29 is 9.53 Å². The van der Waals surface area contributed by atoms with E-state index < -0.39 is 0 Å². The Hall–Kier alpha value is -2.30. The van der Waals surface area contributed by atoms with Gasteiger partial charge in [-0.1, -0.05) is 0 Å². The van der Waals surface area contributed by atoms with Crippen molar-refractivity contribution in [1.82, 2.24) is 14.8 Å². The number of ether oxygens (including phenoxy) is 1. The number of hydrogen-bond donors (Lipinski definition) is 1. The smallest absolute Gasteiger partial charge is 0.340 e. The van der Waals surface area contributed by atoms with Crippen LogP contribution < -0.4 is 0 Å².